The zero-order valence-electron chi connectivity index (χ0n) is 16.6. The molecule has 0 saturated heterocycles. The molecule has 0 radical (unpaired) electrons. The first-order chi connectivity index (χ1) is 14.3. The van der Waals surface area contributed by atoms with E-state index >= 15 is 0 Å². The lowest BCUT2D eigenvalue weighted by Gasteiger charge is -2.33. The van der Waals surface area contributed by atoms with Crippen LogP contribution in [-0.4, -0.2) is 12.5 Å². The highest BCUT2D eigenvalue weighted by Crippen LogP contribution is 2.43. The Morgan fingerprint density at radius 2 is 1.69 bits per heavy atom. The van der Waals surface area contributed by atoms with Crippen LogP contribution in [-0.2, 0) is 16.1 Å². The second-order valence-corrected chi connectivity index (χ2v) is 8.37. The van der Waals surface area contributed by atoms with Crippen LogP contribution in [0.15, 0.2) is 66.7 Å². The number of amides is 1. The van der Waals surface area contributed by atoms with Gasteiger partial charge in [-0.2, -0.15) is 0 Å². The Labute approximate surface area is 172 Å². The van der Waals surface area contributed by atoms with Crippen LogP contribution in [0.25, 0.3) is 10.8 Å². The first-order valence-corrected chi connectivity index (χ1v) is 10.7. The van der Waals surface area contributed by atoms with E-state index in [1.165, 1.54) is 27.5 Å². The number of fused-ring (bicyclic) bond motifs is 3. The van der Waals surface area contributed by atoms with Crippen molar-refractivity contribution in [1.29, 1.82) is 0 Å². The number of hydrogen-bond donors (Lipinski definition) is 1. The first-order valence-electron chi connectivity index (χ1n) is 10.7. The van der Waals surface area contributed by atoms with Gasteiger partial charge in [0.2, 0.25) is 5.91 Å². The smallest absolute Gasteiger partial charge is 0.223 e. The summed E-state index contributed by atoms with van der Waals surface area (Å²) in [4.78, 5) is 12.2. The van der Waals surface area contributed by atoms with Crippen LogP contribution in [0.3, 0.4) is 0 Å². The van der Waals surface area contributed by atoms with E-state index in [1.54, 1.807) is 0 Å². The average molecular weight is 386 g/mol. The summed E-state index contributed by atoms with van der Waals surface area (Å²) >= 11 is 0. The Balaban J connectivity index is 1.42. The monoisotopic (exact) mass is 385 g/mol. The zero-order chi connectivity index (χ0) is 19.6. The van der Waals surface area contributed by atoms with Gasteiger partial charge in [0.05, 0.1) is 12.7 Å². The molecule has 1 amide bonds. The van der Waals surface area contributed by atoms with Gasteiger partial charge in [-0.3, -0.25) is 4.79 Å². The minimum absolute atomic E-state index is 0.102. The molecule has 148 valence electrons. The summed E-state index contributed by atoms with van der Waals surface area (Å²) in [5.41, 5.74) is 3.86. The van der Waals surface area contributed by atoms with Gasteiger partial charge in [-0.15, -0.1) is 0 Å². The third-order valence-corrected chi connectivity index (χ3v) is 6.30. The number of ether oxygens (including phenoxy) is 1. The predicted molar refractivity (Wildman–Crippen MR) is 116 cm³/mol. The van der Waals surface area contributed by atoms with Gasteiger partial charge in [0.25, 0.3) is 0 Å². The van der Waals surface area contributed by atoms with E-state index < -0.39 is 0 Å². The van der Waals surface area contributed by atoms with E-state index in [1.807, 2.05) is 6.07 Å². The molecule has 0 aromatic heterocycles. The third-order valence-electron chi connectivity index (χ3n) is 6.30. The van der Waals surface area contributed by atoms with Gasteiger partial charge in [-0.1, -0.05) is 66.7 Å². The molecular weight excluding hydrogens is 358 g/mol. The SMILES string of the molecule is O=C(NCC1CCC(OCc2ccccc2)c2ccc3ccccc3c21)C1CC1. The van der Waals surface area contributed by atoms with E-state index in [2.05, 4.69) is 66.0 Å². The van der Waals surface area contributed by atoms with E-state index in [-0.39, 0.29) is 17.9 Å². The highest BCUT2D eigenvalue weighted by molar-refractivity contribution is 5.88. The Hall–Kier alpha value is -2.65. The van der Waals surface area contributed by atoms with Crippen LogP contribution < -0.4 is 5.32 Å². The maximum atomic E-state index is 12.2. The minimum Gasteiger partial charge on any atom is -0.369 e. The van der Waals surface area contributed by atoms with Crippen molar-refractivity contribution in [2.75, 3.05) is 6.54 Å². The van der Waals surface area contributed by atoms with Crippen LogP contribution >= 0.6 is 0 Å². The molecule has 2 aliphatic rings. The molecule has 3 heteroatoms. The molecule has 0 spiro atoms. The second kappa shape index (κ2) is 8.00. The highest BCUT2D eigenvalue weighted by Gasteiger charge is 2.32. The standard InChI is InChI=1S/C26H27NO2/c28-26(20-10-11-20)27-16-21-13-15-24(29-17-18-6-2-1-3-7-18)23-14-12-19-8-4-5-9-22(19)25(21)23/h1-9,12,14,20-21,24H,10-11,13,15-17H2,(H,27,28). The molecule has 1 saturated carbocycles. The number of nitrogens with one attached hydrogen (secondary N) is 1. The first kappa shape index (κ1) is 18.4. The lowest BCUT2D eigenvalue weighted by molar-refractivity contribution is -0.122. The summed E-state index contributed by atoms with van der Waals surface area (Å²) in [6.45, 7) is 1.35. The van der Waals surface area contributed by atoms with Gasteiger partial charge >= 0.3 is 0 Å². The van der Waals surface area contributed by atoms with Gasteiger partial charge in [-0.25, -0.2) is 0 Å². The molecule has 3 nitrogen and oxygen atoms in total. The Morgan fingerprint density at radius 3 is 2.52 bits per heavy atom. The van der Waals surface area contributed by atoms with Crippen molar-refractivity contribution in [3.63, 3.8) is 0 Å². The fourth-order valence-corrected chi connectivity index (χ4v) is 4.56. The number of carbonyl (C=O) groups excluding carboxylic acids is 1. The fourth-order valence-electron chi connectivity index (χ4n) is 4.56. The summed E-state index contributed by atoms with van der Waals surface area (Å²) in [6.07, 6.45) is 4.22. The van der Waals surface area contributed by atoms with Gasteiger partial charge < -0.3 is 10.1 Å². The topological polar surface area (TPSA) is 38.3 Å². The van der Waals surface area contributed by atoms with Crippen LogP contribution in [0.5, 0.6) is 0 Å². The molecule has 3 aromatic carbocycles. The molecule has 1 N–H and O–H groups in total. The fraction of sp³-hybridized carbons (Fsp3) is 0.346. The molecule has 2 unspecified atom stereocenters. The van der Waals surface area contributed by atoms with Gasteiger partial charge in [0.1, 0.15) is 0 Å². The van der Waals surface area contributed by atoms with E-state index in [0.717, 1.165) is 32.2 Å². The lowest BCUT2D eigenvalue weighted by Crippen LogP contribution is -2.31. The molecule has 29 heavy (non-hydrogen) atoms. The largest absolute Gasteiger partial charge is 0.369 e. The zero-order valence-corrected chi connectivity index (χ0v) is 16.6. The number of benzene rings is 3. The molecule has 0 aliphatic heterocycles. The number of rotatable bonds is 6. The molecular formula is C26H27NO2. The van der Waals surface area contributed by atoms with Crippen molar-refractivity contribution < 1.29 is 9.53 Å². The van der Waals surface area contributed by atoms with E-state index in [0.29, 0.717) is 12.5 Å². The van der Waals surface area contributed by atoms with Crippen molar-refractivity contribution >= 4 is 16.7 Å². The van der Waals surface area contributed by atoms with E-state index in [9.17, 15) is 4.79 Å². The summed E-state index contributed by atoms with van der Waals surface area (Å²) in [5.74, 6) is 0.831. The van der Waals surface area contributed by atoms with Gasteiger partial charge in [-0.05, 0) is 53.1 Å². The van der Waals surface area contributed by atoms with Crippen molar-refractivity contribution in [2.24, 2.45) is 5.92 Å². The summed E-state index contributed by atoms with van der Waals surface area (Å²) in [6, 6.07) is 23.4. The second-order valence-electron chi connectivity index (χ2n) is 8.37. The molecule has 1 fully saturated rings. The van der Waals surface area contributed by atoms with Crippen molar-refractivity contribution in [1.82, 2.24) is 5.32 Å². The highest BCUT2D eigenvalue weighted by atomic mass is 16.5. The molecule has 0 bridgehead atoms. The van der Waals surface area contributed by atoms with Crippen molar-refractivity contribution in [2.45, 2.75) is 44.3 Å². The summed E-state index contributed by atoms with van der Waals surface area (Å²) < 4.78 is 6.38. The lowest BCUT2D eigenvalue weighted by atomic mass is 9.78. The molecule has 3 aromatic rings. The molecule has 2 aliphatic carbocycles. The van der Waals surface area contributed by atoms with E-state index in [4.69, 9.17) is 4.74 Å². The quantitative estimate of drug-likeness (QED) is 0.608. The van der Waals surface area contributed by atoms with Crippen LogP contribution in [0.2, 0.25) is 0 Å². The number of carbonyl (C=O) groups is 1. The Kier molecular flexibility index (Phi) is 5.07. The molecule has 2 atom stereocenters. The average Bonchev–Trinajstić information content (AvgIpc) is 3.62. The Bertz CT molecular complexity index is 1010. The van der Waals surface area contributed by atoms with Crippen molar-refractivity contribution in [3.05, 3.63) is 83.4 Å². The minimum atomic E-state index is 0.102. The predicted octanol–water partition coefficient (Wildman–Crippen LogP) is 5.50. The normalized spacial score (nSPS) is 21.0. The van der Waals surface area contributed by atoms with Gasteiger partial charge in [0, 0.05) is 18.4 Å². The summed E-state index contributed by atoms with van der Waals surface area (Å²) in [7, 11) is 0. The third kappa shape index (κ3) is 3.92. The van der Waals surface area contributed by atoms with Gasteiger partial charge in [0.15, 0.2) is 0 Å². The maximum Gasteiger partial charge on any atom is 0.223 e. The molecule has 0 heterocycles. The number of hydrogen-bond acceptors (Lipinski definition) is 2. The Morgan fingerprint density at radius 1 is 0.897 bits per heavy atom. The van der Waals surface area contributed by atoms with Crippen LogP contribution in [0.1, 0.15) is 54.4 Å². The summed E-state index contributed by atoms with van der Waals surface area (Å²) in [5, 5.41) is 5.77. The van der Waals surface area contributed by atoms with Crippen LogP contribution in [0.4, 0.5) is 0 Å². The molecule has 5 rings (SSSR count). The van der Waals surface area contributed by atoms with Crippen molar-refractivity contribution in [3.8, 4) is 0 Å². The van der Waals surface area contributed by atoms with Crippen LogP contribution in [0, 0.1) is 5.92 Å². The maximum absolute atomic E-state index is 12.2.